The first kappa shape index (κ1) is 86.9. The van der Waals surface area contributed by atoms with Gasteiger partial charge in [0.2, 0.25) is 5.91 Å². The lowest BCUT2D eigenvalue weighted by molar-refractivity contribution is -0.143. The van der Waals surface area contributed by atoms with Crippen LogP contribution >= 0.6 is 0 Å². The summed E-state index contributed by atoms with van der Waals surface area (Å²) in [7, 11) is 0. The average molecular weight is 1240 g/mol. The first-order valence-electron chi connectivity index (χ1n) is 41.3. The molecule has 0 aromatic heterocycles. The Bertz CT molecular complexity index is 1290. The van der Waals surface area contributed by atoms with Crippen LogP contribution in [0.4, 0.5) is 0 Å². The lowest BCUT2D eigenvalue weighted by atomic mass is 10.0. The van der Waals surface area contributed by atoms with Crippen molar-refractivity contribution >= 4 is 11.9 Å². The molecule has 0 saturated heterocycles. The van der Waals surface area contributed by atoms with Gasteiger partial charge in [-0.15, -0.1) is 0 Å². The van der Waals surface area contributed by atoms with Crippen molar-refractivity contribution in [3.8, 4) is 0 Å². The van der Waals surface area contributed by atoms with E-state index >= 15 is 0 Å². The molecular formula is C82H163NO5. The van der Waals surface area contributed by atoms with Gasteiger partial charge in [-0.1, -0.05) is 450 Å². The van der Waals surface area contributed by atoms with Crippen LogP contribution in [0, 0.1) is 0 Å². The fourth-order valence-corrected chi connectivity index (χ4v) is 13.6. The number of aliphatic hydroxyl groups is 2. The molecule has 0 aromatic carbocycles. The summed E-state index contributed by atoms with van der Waals surface area (Å²) in [6.07, 6.45) is 97.9. The van der Waals surface area contributed by atoms with Crippen molar-refractivity contribution in [3.05, 3.63) is 0 Å². The van der Waals surface area contributed by atoms with E-state index in [2.05, 4.69) is 19.2 Å². The first-order chi connectivity index (χ1) is 43.5. The average Bonchev–Trinajstić information content (AvgIpc) is 3.54. The largest absolute Gasteiger partial charge is 0.466 e. The van der Waals surface area contributed by atoms with E-state index in [1.165, 1.54) is 417 Å². The van der Waals surface area contributed by atoms with Crippen LogP contribution in [-0.2, 0) is 14.3 Å². The number of rotatable bonds is 79. The number of hydrogen-bond acceptors (Lipinski definition) is 5. The summed E-state index contributed by atoms with van der Waals surface area (Å²) in [6.45, 7) is 5.02. The normalized spacial score (nSPS) is 12.4. The Balaban J connectivity index is 3.30. The molecular weight excluding hydrogens is 1080 g/mol. The summed E-state index contributed by atoms with van der Waals surface area (Å²) >= 11 is 0. The number of hydrogen-bond donors (Lipinski definition) is 3. The van der Waals surface area contributed by atoms with Crippen molar-refractivity contribution in [3.63, 3.8) is 0 Å². The second-order valence-electron chi connectivity index (χ2n) is 28.8. The Morgan fingerprint density at radius 3 is 0.693 bits per heavy atom. The van der Waals surface area contributed by atoms with Crippen LogP contribution in [0.3, 0.4) is 0 Å². The van der Waals surface area contributed by atoms with Gasteiger partial charge in [-0.2, -0.15) is 0 Å². The summed E-state index contributed by atoms with van der Waals surface area (Å²) in [6, 6.07) is -0.537. The number of esters is 1. The Morgan fingerprint density at radius 1 is 0.273 bits per heavy atom. The zero-order chi connectivity index (χ0) is 63.5. The van der Waals surface area contributed by atoms with Gasteiger partial charge in [0.1, 0.15) is 0 Å². The summed E-state index contributed by atoms with van der Waals surface area (Å²) < 4.78 is 5.49. The molecule has 1 amide bonds. The first-order valence-corrected chi connectivity index (χ1v) is 41.3. The van der Waals surface area contributed by atoms with Gasteiger partial charge < -0.3 is 20.3 Å². The van der Waals surface area contributed by atoms with E-state index in [4.69, 9.17) is 4.74 Å². The zero-order valence-corrected chi connectivity index (χ0v) is 60.5. The molecule has 0 saturated carbocycles. The van der Waals surface area contributed by atoms with E-state index in [0.29, 0.717) is 25.9 Å². The molecule has 0 radical (unpaired) electrons. The maximum Gasteiger partial charge on any atom is 0.305 e. The van der Waals surface area contributed by atoms with Crippen molar-refractivity contribution in [2.75, 3.05) is 13.2 Å². The van der Waals surface area contributed by atoms with Gasteiger partial charge in [0.05, 0.1) is 25.4 Å². The second-order valence-corrected chi connectivity index (χ2v) is 28.8. The zero-order valence-electron chi connectivity index (χ0n) is 60.5. The van der Waals surface area contributed by atoms with E-state index in [0.717, 1.165) is 38.5 Å². The highest BCUT2D eigenvalue weighted by molar-refractivity contribution is 5.76. The third-order valence-electron chi connectivity index (χ3n) is 19.9. The van der Waals surface area contributed by atoms with Crippen LogP contribution in [0.5, 0.6) is 0 Å². The molecule has 0 spiro atoms. The van der Waals surface area contributed by atoms with Crippen molar-refractivity contribution in [2.24, 2.45) is 0 Å². The molecule has 3 N–H and O–H groups in total. The molecule has 526 valence electrons. The molecule has 2 unspecified atom stereocenters. The smallest absolute Gasteiger partial charge is 0.305 e. The van der Waals surface area contributed by atoms with Crippen molar-refractivity contribution in [1.29, 1.82) is 0 Å². The number of amides is 1. The molecule has 0 fully saturated rings. The van der Waals surface area contributed by atoms with Crippen LogP contribution in [0.1, 0.15) is 489 Å². The van der Waals surface area contributed by atoms with E-state index in [9.17, 15) is 19.8 Å². The lowest BCUT2D eigenvalue weighted by Gasteiger charge is -2.22. The van der Waals surface area contributed by atoms with E-state index in [1.807, 2.05) is 0 Å². The standard InChI is InChI=1S/C82H163NO5/c1-3-5-7-9-11-13-15-17-18-19-20-21-39-42-45-48-51-54-58-62-66-70-74-80(85)79(78-84)83-81(86)75-71-67-63-59-55-52-49-46-43-40-37-35-33-31-29-27-25-23-22-24-26-28-30-32-34-36-38-41-44-47-50-53-57-61-65-69-73-77-88-82(87)76-72-68-64-60-56-16-14-12-10-8-6-4-2/h79-80,84-85H,3-78H2,1-2H3,(H,83,86). The molecule has 6 heteroatoms. The SMILES string of the molecule is CCCCCCCCCCCCCCCCCCCCCCCCC(O)C(CO)NC(=O)CCCCCCCCCCCCCCCCCCCCCCCCCCCCCCCCCCCCCCCOC(=O)CCCCCCCCCCCCCC. The van der Waals surface area contributed by atoms with Crippen LogP contribution < -0.4 is 5.32 Å². The third kappa shape index (κ3) is 73.9. The Labute approximate surface area is 553 Å². The quantitative estimate of drug-likeness (QED) is 0.0417. The molecule has 0 aliphatic carbocycles. The molecule has 0 aliphatic heterocycles. The summed E-state index contributed by atoms with van der Waals surface area (Å²) in [5.74, 6) is 0.00271. The molecule has 0 rings (SSSR count). The van der Waals surface area contributed by atoms with Crippen LogP contribution in [0.25, 0.3) is 0 Å². The maximum absolute atomic E-state index is 12.6. The summed E-state index contributed by atoms with van der Waals surface area (Å²) in [5.41, 5.74) is 0. The minimum atomic E-state index is -0.660. The summed E-state index contributed by atoms with van der Waals surface area (Å²) in [4.78, 5) is 24.6. The van der Waals surface area contributed by atoms with Gasteiger partial charge in [-0.3, -0.25) is 9.59 Å². The van der Waals surface area contributed by atoms with Gasteiger partial charge in [-0.25, -0.2) is 0 Å². The van der Waals surface area contributed by atoms with E-state index in [1.54, 1.807) is 0 Å². The Morgan fingerprint density at radius 2 is 0.466 bits per heavy atom. The third-order valence-corrected chi connectivity index (χ3v) is 19.9. The number of aliphatic hydroxyl groups excluding tert-OH is 2. The molecule has 6 nitrogen and oxygen atoms in total. The molecule has 0 bridgehead atoms. The molecule has 0 aliphatic rings. The van der Waals surface area contributed by atoms with Gasteiger partial charge in [0, 0.05) is 12.8 Å². The highest BCUT2D eigenvalue weighted by Gasteiger charge is 2.20. The van der Waals surface area contributed by atoms with E-state index in [-0.39, 0.29) is 18.5 Å². The maximum atomic E-state index is 12.6. The van der Waals surface area contributed by atoms with E-state index < -0.39 is 12.1 Å². The predicted molar refractivity (Wildman–Crippen MR) is 389 cm³/mol. The number of carbonyl (C=O) groups is 2. The monoisotopic (exact) mass is 1240 g/mol. The summed E-state index contributed by atoms with van der Waals surface area (Å²) in [5, 5.41) is 23.5. The Hall–Kier alpha value is -1.14. The second kappa shape index (κ2) is 78.3. The van der Waals surface area contributed by atoms with Crippen LogP contribution in [0.2, 0.25) is 0 Å². The fourth-order valence-electron chi connectivity index (χ4n) is 13.6. The van der Waals surface area contributed by atoms with Crippen molar-refractivity contribution in [2.45, 2.75) is 501 Å². The number of ether oxygens (including phenoxy) is 1. The lowest BCUT2D eigenvalue weighted by Crippen LogP contribution is -2.45. The minimum absolute atomic E-state index is 0.0228. The van der Waals surface area contributed by atoms with Gasteiger partial charge in [0.15, 0.2) is 0 Å². The van der Waals surface area contributed by atoms with Gasteiger partial charge >= 0.3 is 5.97 Å². The number of nitrogens with one attached hydrogen (secondary N) is 1. The highest BCUT2D eigenvalue weighted by Crippen LogP contribution is 2.21. The number of carbonyl (C=O) groups excluding carboxylic acids is 2. The van der Waals surface area contributed by atoms with Gasteiger partial charge in [0.25, 0.3) is 0 Å². The van der Waals surface area contributed by atoms with Gasteiger partial charge in [-0.05, 0) is 25.7 Å². The molecule has 2 atom stereocenters. The van der Waals surface area contributed by atoms with Crippen molar-refractivity contribution < 1.29 is 24.5 Å². The Kier molecular flexibility index (Phi) is 77.3. The number of unbranched alkanes of at least 4 members (excludes halogenated alkanes) is 68. The molecule has 0 aromatic rings. The highest BCUT2D eigenvalue weighted by atomic mass is 16.5. The van der Waals surface area contributed by atoms with Crippen LogP contribution in [0.15, 0.2) is 0 Å². The predicted octanol–water partition coefficient (Wildman–Crippen LogP) is 27.3. The van der Waals surface area contributed by atoms with Crippen LogP contribution in [-0.4, -0.2) is 47.4 Å². The molecule has 0 heterocycles. The fraction of sp³-hybridized carbons (Fsp3) is 0.976. The van der Waals surface area contributed by atoms with Crippen molar-refractivity contribution in [1.82, 2.24) is 5.32 Å². The minimum Gasteiger partial charge on any atom is -0.466 e. The topological polar surface area (TPSA) is 95.9 Å². The molecule has 88 heavy (non-hydrogen) atoms.